The predicted octanol–water partition coefficient (Wildman–Crippen LogP) is 2.40. The number of amides is 1. The van der Waals surface area contributed by atoms with E-state index in [-0.39, 0.29) is 30.1 Å². The van der Waals surface area contributed by atoms with E-state index in [1.165, 1.54) is 7.11 Å². The molecule has 0 aromatic heterocycles. The van der Waals surface area contributed by atoms with E-state index in [4.69, 9.17) is 14.2 Å². The zero-order chi connectivity index (χ0) is 17.3. The molecule has 0 spiro atoms. The van der Waals surface area contributed by atoms with E-state index in [9.17, 15) is 9.59 Å². The molecule has 24 heavy (non-hydrogen) atoms. The van der Waals surface area contributed by atoms with Gasteiger partial charge >= 0.3 is 5.97 Å². The van der Waals surface area contributed by atoms with Crippen LogP contribution in [-0.4, -0.2) is 49.2 Å². The second-order valence-corrected chi connectivity index (χ2v) is 6.38. The van der Waals surface area contributed by atoms with Crippen LogP contribution in [0.2, 0.25) is 0 Å². The van der Waals surface area contributed by atoms with E-state index in [1.807, 2.05) is 4.90 Å². The minimum Gasteiger partial charge on any atom is -0.493 e. The second-order valence-electron chi connectivity index (χ2n) is 6.38. The molecule has 0 N–H and O–H groups in total. The fraction of sp³-hybridized carbons (Fsp3) is 0.556. The Balaban J connectivity index is 1.67. The largest absolute Gasteiger partial charge is 0.493 e. The molecular formula is C18H23NO5. The molecule has 0 radical (unpaired) electrons. The van der Waals surface area contributed by atoms with Crippen molar-refractivity contribution in [1.29, 1.82) is 0 Å². The number of carbonyl (C=O) groups is 2. The Kier molecular flexibility index (Phi) is 4.64. The van der Waals surface area contributed by atoms with Crippen LogP contribution in [0.1, 0.15) is 43.0 Å². The summed E-state index contributed by atoms with van der Waals surface area (Å²) in [6, 6.07) is 5.38. The minimum atomic E-state index is -0.364. The van der Waals surface area contributed by atoms with Gasteiger partial charge in [-0.3, -0.25) is 4.79 Å². The normalized spacial score (nSPS) is 25.3. The number of rotatable bonds is 4. The molecule has 0 aliphatic carbocycles. The van der Waals surface area contributed by atoms with Crippen LogP contribution in [-0.2, 0) is 9.53 Å². The zero-order valence-electron chi connectivity index (χ0n) is 14.3. The highest BCUT2D eigenvalue weighted by Crippen LogP contribution is 2.37. The lowest BCUT2D eigenvalue weighted by Crippen LogP contribution is -2.48. The highest BCUT2D eigenvalue weighted by Gasteiger charge is 2.43. The summed E-state index contributed by atoms with van der Waals surface area (Å²) in [4.78, 5) is 26.1. The van der Waals surface area contributed by atoms with Crippen LogP contribution in [0.4, 0.5) is 0 Å². The number of benzene rings is 1. The van der Waals surface area contributed by atoms with Crippen molar-refractivity contribution in [2.75, 3.05) is 14.2 Å². The second kappa shape index (κ2) is 6.71. The topological polar surface area (TPSA) is 65.1 Å². The minimum absolute atomic E-state index is 0.118. The number of methoxy groups -OCH3 is 2. The third-order valence-electron chi connectivity index (χ3n) is 4.95. The molecule has 2 fully saturated rings. The van der Waals surface area contributed by atoms with Crippen LogP contribution < -0.4 is 9.47 Å². The Hall–Kier alpha value is -2.24. The molecule has 0 saturated carbocycles. The van der Waals surface area contributed by atoms with Crippen molar-refractivity contribution in [3.05, 3.63) is 23.8 Å². The van der Waals surface area contributed by atoms with Gasteiger partial charge in [0.15, 0.2) is 11.5 Å². The fourth-order valence-electron chi connectivity index (χ4n) is 3.92. The SMILES string of the molecule is COc1ccc(C(=O)OC2CC3CC[C@H](C2)N3C(C)=O)cc1OC. The van der Waals surface area contributed by atoms with E-state index < -0.39 is 0 Å². The first kappa shape index (κ1) is 16.6. The van der Waals surface area contributed by atoms with Crippen LogP contribution in [0, 0.1) is 0 Å². The number of esters is 1. The molecule has 1 amide bonds. The maximum Gasteiger partial charge on any atom is 0.338 e. The van der Waals surface area contributed by atoms with Crippen LogP contribution >= 0.6 is 0 Å². The number of hydrogen-bond acceptors (Lipinski definition) is 5. The molecule has 3 rings (SSSR count). The van der Waals surface area contributed by atoms with Crippen LogP contribution in [0.15, 0.2) is 18.2 Å². The first-order valence-corrected chi connectivity index (χ1v) is 8.25. The van der Waals surface area contributed by atoms with Crippen LogP contribution in [0.5, 0.6) is 11.5 Å². The van der Waals surface area contributed by atoms with E-state index in [1.54, 1.807) is 32.2 Å². The van der Waals surface area contributed by atoms with E-state index in [2.05, 4.69) is 0 Å². The molecule has 3 atom stereocenters. The number of carbonyl (C=O) groups excluding carboxylic acids is 2. The van der Waals surface area contributed by atoms with E-state index >= 15 is 0 Å². The molecule has 2 unspecified atom stereocenters. The molecule has 2 heterocycles. The van der Waals surface area contributed by atoms with Crippen molar-refractivity contribution < 1.29 is 23.8 Å². The summed E-state index contributed by atoms with van der Waals surface area (Å²) in [7, 11) is 3.08. The number of hydrogen-bond donors (Lipinski definition) is 0. The summed E-state index contributed by atoms with van der Waals surface area (Å²) in [6.07, 6.45) is 3.28. The van der Waals surface area contributed by atoms with Gasteiger partial charge in [0.05, 0.1) is 19.8 Å². The van der Waals surface area contributed by atoms with Gasteiger partial charge in [0, 0.05) is 31.8 Å². The molecule has 2 aliphatic heterocycles. The van der Waals surface area contributed by atoms with Gasteiger partial charge in [-0.1, -0.05) is 0 Å². The third kappa shape index (κ3) is 3.05. The van der Waals surface area contributed by atoms with Crippen molar-refractivity contribution in [2.45, 2.75) is 50.8 Å². The van der Waals surface area contributed by atoms with Gasteiger partial charge in [0.2, 0.25) is 5.91 Å². The summed E-state index contributed by atoms with van der Waals surface area (Å²) < 4.78 is 16.1. The lowest BCUT2D eigenvalue weighted by atomic mass is 9.99. The van der Waals surface area contributed by atoms with Gasteiger partial charge < -0.3 is 19.1 Å². The van der Waals surface area contributed by atoms with Gasteiger partial charge in [0.25, 0.3) is 0 Å². The number of nitrogens with zero attached hydrogens (tertiary/aromatic N) is 1. The summed E-state index contributed by atoms with van der Waals surface area (Å²) in [6.45, 7) is 1.61. The maximum absolute atomic E-state index is 12.4. The molecule has 1 aromatic carbocycles. The number of ether oxygens (including phenoxy) is 3. The molecule has 130 valence electrons. The molecule has 2 aliphatic rings. The zero-order valence-corrected chi connectivity index (χ0v) is 14.3. The molecular weight excluding hydrogens is 310 g/mol. The van der Waals surface area contributed by atoms with Gasteiger partial charge in [-0.25, -0.2) is 4.79 Å². The lowest BCUT2D eigenvalue weighted by molar-refractivity contribution is -0.135. The van der Waals surface area contributed by atoms with Gasteiger partial charge in [0.1, 0.15) is 6.10 Å². The number of piperidine rings is 1. The highest BCUT2D eigenvalue weighted by molar-refractivity contribution is 5.90. The van der Waals surface area contributed by atoms with Crippen molar-refractivity contribution in [2.24, 2.45) is 0 Å². The van der Waals surface area contributed by atoms with Crippen LogP contribution in [0.3, 0.4) is 0 Å². The first-order chi connectivity index (χ1) is 11.5. The average Bonchev–Trinajstić information content (AvgIpc) is 2.85. The molecule has 2 saturated heterocycles. The molecule has 6 nitrogen and oxygen atoms in total. The molecule has 2 bridgehead atoms. The highest BCUT2D eigenvalue weighted by atomic mass is 16.5. The Morgan fingerprint density at radius 1 is 1.04 bits per heavy atom. The quantitative estimate of drug-likeness (QED) is 0.792. The Labute approximate surface area is 141 Å². The summed E-state index contributed by atoms with van der Waals surface area (Å²) >= 11 is 0. The Morgan fingerprint density at radius 3 is 2.21 bits per heavy atom. The smallest absolute Gasteiger partial charge is 0.338 e. The van der Waals surface area contributed by atoms with Gasteiger partial charge in [-0.15, -0.1) is 0 Å². The predicted molar refractivity (Wildman–Crippen MR) is 87.3 cm³/mol. The number of fused-ring (bicyclic) bond motifs is 2. The molecule has 1 aromatic rings. The summed E-state index contributed by atoms with van der Waals surface area (Å²) in [5.74, 6) is 0.823. The monoisotopic (exact) mass is 333 g/mol. The lowest BCUT2D eigenvalue weighted by Gasteiger charge is -2.38. The maximum atomic E-state index is 12.4. The Morgan fingerprint density at radius 2 is 1.67 bits per heavy atom. The standard InChI is InChI=1S/C18H23NO5/c1-11(20)19-13-5-6-14(19)10-15(9-13)24-18(21)12-4-7-16(22-2)17(8-12)23-3/h4,7-8,13-15H,5-6,9-10H2,1-3H3/t13-,14?,15?/m1/s1. The van der Waals surface area contributed by atoms with E-state index in [0.717, 1.165) is 25.7 Å². The third-order valence-corrected chi connectivity index (χ3v) is 4.95. The van der Waals surface area contributed by atoms with E-state index in [0.29, 0.717) is 17.1 Å². The first-order valence-electron chi connectivity index (χ1n) is 8.25. The Bertz CT molecular complexity index is 630. The summed E-state index contributed by atoms with van der Waals surface area (Å²) in [5, 5.41) is 0. The van der Waals surface area contributed by atoms with Crippen LogP contribution in [0.25, 0.3) is 0 Å². The van der Waals surface area contributed by atoms with Gasteiger partial charge in [-0.05, 0) is 31.0 Å². The van der Waals surface area contributed by atoms with Crippen molar-refractivity contribution in [1.82, 2.24) is 4.90 Å². The van der Waals surface area contributed by atoms with Gasteiger partial charge in [-0.2, -0.15) is 0 Å². The summed E-state index contributed by atoms with van der Waals surface area (Å²) in [5.41, 5.74) is 0.439. The average molecular weight is 333 g/mol. The van der Waals surface area contributed by atoms with Crippen molar-refractivity contribution >= 4 is 11.9 Å². The molecule has 6 heteroatoms. The van der Waals surface area contributed by atoms with Crippen molar-refractivity contribution in [3.8, 4) is 11.5 Å². The van der Waals surface area contributed by atoms with Crippen molar-refractivity contribution in [3.63, 3.8) is 0 Å². The fourth-order valence-corrected chi connectivity index (χ4v) is 3.92.